The number of benzene rings is 1. The fourth-order valence-corrected chi connectivity index (χ4v) is 3.86. The molecule has 1 aromatic heterocycles. The van der Waals surface area contributed by atoms with E-state index in [9.17, 15) is 9.59 Å². The number of piperazine rings is 1. The molecule has 0 aliphatic carbocycles. The zero-order valence-electron chi connectivity index (χ0n) is 17.6. The summed E-state index contributed by atoms with van der Waals surface area (Å²) in [4.78, 5) is 32.3. The first kappa shape index (κ1) is 20.9. The highest BCUT2D eigenvalue weighted by atomic mass is 16.5. The van der Waals surface area contributed by atoms with Crippen LogP contribution in [0, 0.1) is 13.8 Å². The lowest BCUT2D eigenvalue weighted by Crippen LogP contribution is -2.48. The number of anilines is 1. The summed E-state index contributed by atoms with van der Waals surface area (Å²) in [5.74, 6) is 0.466. The summed E-state index contributed by atoms with van der Waals surface area (Å²) in [6.07, 6.45) is 0. The molecule has 1 aliphatic rings. The van der Waals surface area contributed by atoms with E-state index in [1.54, 1.807) is 13.8 Å². The maximum atomic E-state index is 12.8. The lowest BCUT2D eigenvalue weighted by atomic mass is 10.1. The highest BCUT2D eigenvalue weighted by Crippen LogP contribution is 2.29. The largest absolute Gasteiger partial charge is 0.492 e. The van der Waals surface area contributed by atoms with E-state index in [4.69, 9.17) is 9.47 Å². The number of ether oxygens (including phenoxy) is 2. The Hall–Kier alpha value is -2.80. The molecule has 29 heavy (non-hydrogen) atoms. The molecule has 0 amide bonds. The fraction of sp³-hybridized carbons (Fsp3) is 0.455. The zero-order valence-corrected chi connectivity index (χ0v) is 17.6. The van der Waals surface area contributed by atoms with Crippen molar-refractivity contribution in [2.24, 2.45) is 0 Å². The van der Waals surface area contributed by atoms with Crippen LogP contribution in [0.5, 0.6) is 5.75 Å². The van der Waals surface area contributed by atoms with E-state index in [1.165, 1.54) is 7.11 Å². The second-order valence-electron chi connectivity index (χ2n) is 7.20. The maximum absolute atomic E-state index is 12.8. The molecule has 1 aromatic carbocycles. The number of hydrogen-bond donors (Lipinski definition) is 1. The van der Waals surface area contributed by atoms with Crippen molar-refractivity contribution in [2.45, 2.75) is 20.8 Å². The molecule has 1 aliphatic heterocycles. The summed E-state index contributed by atoms with van der Waals surface area (Å²) in [6, 6.07) is 8.06. The predicted octanol–water partition coefficient (Wildman–Crippen LogP) is 2.82. The number of aromatic amines is 1. The Morgan fingerprint density at radius 2 is 1.79 bits per heavy atom. The van der Waals surface area contributed by atoms with Gasteiger partial charge in [0.25, 0.3) is 0 Å². The van der Waals surface area contributed by atoms with Gasteiger partial charge in [-0.1, -0.05) is 12.1 Å². The van der Waals surface area contributed by atoms with E-state index < -0.39 is 5.97 Å². The van der Waals surface area contributed by atoms with Gasteiger partial charge >= 0.3 is 5.97 Å². The number of carbonyl (C=O) groups excluding carboxylic acids is 2. The Bertz CT molecular complexity index is 882. The number of rotatable bonds is 7. The molecule has 1 saturated heterocycles. The molecule has 0 saturated carbocycles. The molecule has 2 heterocycles. The molecule has 1 N–H and O–H groups in total. The molecule has 7 nitrogen and oxygen atoms in total. The quantitative estimate of drug-likeness (QED) is 0.570. The van der Waals surface area contributed by atoms with Gasteiger partial charge in [0.05, 0.1) is 37.2 Å². The SMILES string of the molecule is CCOc1ccccc1N1CCN(CC(=O)c2[nH]c(C)c(C(=O)OC)c2C)CC1. The van der Waals surface area contributed by atoms with Gasteiger partial charge in [0.2, 0.25) is 0 Å². The highest BCUT2D eigenvalue weighted by Gasteiger charge is 2.25. The van der Waals surface area contributed by atoms with E-state index >= 15 is 0 Å². The number of hydrogen-bond acceptors (Lipinski definition) is 6. The van der Waals surface area contributed by atoms with Crippen molar-refractivity contribution < 1.29 is 19.1 Å². The first-order valence-corrected chi connectivity index (χ1v) is 9.96. The van der Waals surface area contributed by atoms with Crippen LogP contribution in [-0.2, 0) is 4.74 Å². The van der Waals surface area contributed by atoms with Crippen molar-refractivity contribution in [3.8, 4) is 5.75 Å². The number of esters is 1. The van der Waals surface area contributed by atoms with Crippen LogP contribution in [0.3, 0.4) is 0 Å². The second-order valence-corrected chi connectivity index (χ2v) is 7.20. The molecule has 0 bridgehead atoms. The Kier molecular flexibility index (Phi) is 6.59. The number of nitrogens with zero attached hydrogens (tertiary/aromatic N) is 2. The van der Waals surface area contributed by atoms with E-state index in [0.717, 1.165) is 37.6 Å². The number of nitrogens with one attached hydrogen (secondary N) is 1. The summed E-state index contributed by atoms with van der Waals surface area (Å²) in [5, 5.41) is 0. The Morgan fingerprint density at radius 1 is 1.10 bits per heavy atom. The number of aryl methyl sites for hydroxylation is 1. The van der Waals surface area contributed by atoms with E-state index in [0.29, 0.717) is 35.7 Å². The summed E-state index contributed by atoms with van der Waals surface area (Å²) in [5.41, 5.74) is 3.36. The van der Waals surface area contributed by atoms with Gasteiger partial charge in [0.1, 0.15) is 5.75 Å². The molecule has 0 unspecified atom stereocenters. The molecule has 0 radical (unpaired) electrons. The third-order valence-corrected chi connectivity index (χ3v) is 5.35. The van der Waals surface area contributed by atoms with Crippen LogP contribution in [0.1, 0.15) is 39.0 Å². The Labute approximate surface area is 171 Å². The number of carbonyl (C=O) groups is 2. The molecule has 0 atom stereocenters. The predicted molar refractivity (Wildman–Crippen MR) is 112 cm³/mol. The van der Waals surface area contributed by atoms with Gasteiger partial charge in [-0.15, -0.1) is 0 Å². The van der Waals surface area contributed by atoms with E-state index in [1.807, 2.05) is 25.1 Å². The number of aromatic nitrogens is 1. The molecule has 7 heteroatoms. The average Bonchev–Trinajstić information content (AvgIpc) is 3.03. The van der Waals surface area contributed by atoms with Crippen LogP contribution in [-0.4, -0.2) is 68.1 Å². The zero-order chi connectivity index (χ0) is 21.0. The number of para-hydroxylation sites is 2. The fourth-order valence-electron chi connectivity index (χ4n) is 3.86. The van der Waals surface area contributed by atoms with Gasteiger partial charge in [0.15, 0.2) is 5.78 Å². The number of H-pyrrole nitrogens is 1. The summed E-state index contributed by atoms with van der Waals surface area (Å²) in [7, 11) is 1.35. The molecular weight excluding hydrogens is 370 g/mol. The number of Topliss-reactive ketones (excluding diaryl/α,β-unsaturated/α-hetero) is 1. The van der Waals surface area contributed by atoms with Crippen LogP contribution in [0.15, 0.2) is 24.3 Å². The van der Waals surface area contributed by atoms with Gasteiger partial charge < -0.3 is 19.4 Å². The Morgan fingerprint density at radius 3 is 2.45 bits per heavy atom. The minimum atomic E-state index is -0.420. The molecule has 2 aromatic rings. The van der Waals surface area contributed by atoms with Crippen molar-refractivity contribution >= 4 is 17.4 Å². The molecule has 156 valence electrons. The first-order chi connectivity index (χ1) is 14.0. The number of methoxy groups -OCH3 is 1. The standard InChI is InChI=1S/C22H29N3O4/c1-5-29-19-9-7-6-8-17(19)25-12-10-24(11-13-25)14-18(26)21-15(2)20(16(3)23-21)22(27)28-4/h6-9,23H,5,10-14H2,1-4H3. The third-order valence-electron chi connectivity index (χ3n) is 5.35. The minimum Gasteiger partial charge on any atom is -0.492 e. The summed E-state index contributed by atoms with van der Waals surface area (Å²) < 4.78 is 10.6. The van der Waals surface area contributed by atoms with Crippen molar-refractivity contribution in [1.82, 2.24) is 9.88 Å². The van der Waals surface area contributed by atoms with E-state index in [-0.39, 0.29) is 5.78 Å². The van der Waals surface area contributed by atoms with Gasteiger partial charge in [-0.3, -0.25) is 9.69 Å². The Balaban J connectivity index is 1.63. The van der Waals surface area contributed by atoms with Crippen LogP contribution < -0.4 is 9.64 Å². The van der Waals surface area contributed by atoms with Gasteiger partial charge in [-0.2, -0.15) is 0 Å². The lowest BCUT2D eigenvalue weighted by Gasteiger charge is -2.36. The number of ketones is 1. The van der Waals surface area contributed by atoms with Gasteiger partial charge in [0, 0.05) is 31.9 Å². The molecule has 1 fully saturated rings. The lowest BCUT2D eigenvalue weighted by molar-refractivity contribution is 0.0599. The topological polar surface area (TPSA) is 74.9 Å². The highest BCUT2D eigenvalue weighted by molar-refractivity contribution is 6.02. The van der Waals surface area contributed by atoms with Crippen molar-refractivity contribution in [3.63, 3.8) is 0 Å². The first-order valence-electron chi connectivity index (χ1n) is 9.96. The maximum Gasteiger partial charge on any atom is 0.339 e. The van der Waals surface area contributed by atoms with Crippen molar-refractivity contribution in [1.29, 1.82) is 0 Å². The second kappa shape index (κ2) is 9.13. The average molecular weight is 399 g/mol. The monoisotopic (exact) mass is 399 g/mol. The van der Waals surface area contributed by atoms with E-state index in [2.05, 4.69) is 20.9 Å². The molecule has 0 spiro atoms. The van der Waals surface area contributed by atoms with Gasteiger partial charge in [-0.05, 0) is 38.5 Å². The van der Waals surface area contributed by atoms with Gasteiger partial charge in [-0.25, -0.2) is 4.79 Å². The van der Waals surface area contributed by atoms with Crippen molar-refractivity contribution in [2.75, 3.05) is 51.3 Å². The summed E-state index contributed by atoms with van der Waals surface area (Å²) >= 11 is 0. The minimum absolute atomic E-state index is 0.0103. The molecular formula is C22H29N3O4. The van der Waals surface area contributed by atoms with Crippen LogP contribution in [0.25, 0.3) is 0 Å². The summed E-state index contributed by atoms with van der Waals surface area (Å²) in [6.45, 7) is 9.73. The van der Waals surface area contributed by atoms with Crippen LogP contribution in [0.2, 0.25) is 0 Å². The smallest absolute Gasteiger partial charge is 0.339 e. The normalized spacial score (nSPS) is 14.7. The third kappa shape index (κ3) is 4.45. The van der Waals surface area contributed by atoms with Crippen LogP contribution >= 0.6 is 0 Å². The van der Waals surface area contributed by atoms with Crippen molar-refractivity contribution in [3.05, 3.63) is 46.8 Å². The molecule has 3 rings (SSSR count). The van der Waals surface area contributed by atoms with Crippen LogP contribution in [0.4, 0.5) is 5.69 Å².